The first-order valence-corrected chi connectivity index (χ1v) is 5.24. The van der Waals surface area contributed by atoms with Crippen LogP contribution in [-0.2, 0) is 0 Å². The van der Waals surface area contributed by atoms with Gasteiger partial charge in [-0.05, 0) is 18.6 Å². The van der Waals surface area contributed by atoms with Crippen molar-refractivity contribution < 1.29 is 4.42 Å². The molecule has 1 unspecified atom stereocenters. The molecule has 15 heavy (non-hydrogen) atoms. The quantitative estimate of drug-likeness (QED) is 0.659. The van der Waals surface area contributed by atoms with Crippen molar-refractivity contribution in [3.63, 3.8) is 0 Å². The van der Waals surface area contributed by atoms with Crippen molar-refractivity contribution in [2.24, 2.45) is 0 Å². The molecule has 1 heterocycles. The zero-order valence-electron chi connectivity index (χ0n) is 8.66. The van der Waals surface area contributed by atoms with E-state index in [1.54, 1.807) is 0 Å². The van der Waals surface area contributed by atoms with Crippen molar-refractivity contribution in [2.75, 3.05) is 5.73 Å². The van der Waals surface area contributed by atoms with Gasteiger partial charge < -0.3 is 10.2 Å². The van der Waals surface area contributed by atoms with Crippen molar-refractivity contribution in [1.29, 1.82) is 0 Å². The van der Waals surface area contributed by atoms with Crippen LogP contribution < -0.4 is 5.73 Å². The molecule has 1 aromatic carbocycles. The summed E-state index contributed by atoms with van der Waals surface area (Å²) in [4.78, 5) is 0. The molecule has 0 saturated carbocycles. The predicted molar refractivity (Wildman–Crippen MR) is 62.7 cm³/mol. The highest BCUT2D eigenvalue weighted by Gasteiger charge is 2.19. The number of nitrogens with two attached hydrogens (primary N) is 1. The maximum atomic E-state index is 5.85. The number of hydrogen-bond donors (Lipinski definition) is 1. The van der Waals surface area contributed by atoms with E-state index in [4.69, 9.17) is 10.2 Å². The Balaban J connectivity index is 2.36. The molecule has 2 nitrogen and oxygen atoms in total. The number of nitrogen functional groups attached to an aromatic ring is 1. The van der Waals surface area contributed by atoms with Gasteiger partial charge in [-0.15, -0.1) is 0 Å². The van der Waals surface area contributed by atoms with Crippen molar-refractivity contribution in [3.8, 4) is 0 Å². The van der Waals surface area contributed by atoms with Gasteiger partial charge >= 0.3 is 0 Å². The van der Waals surface area contributed by atoms with Crippen molar-refractivity contribution in [2.45, 2.75) is 19.3 Å². The van der Waals surface area contributed by atoms with Crippen LogP contribution in [-0.4, -0.2) is 0 Å². The molecule has 0 spiro atoms. The molecule has 0 radical (unpaired) electrons. The van der Waals surface area contributed by atoms with Gasteiger partial charge in [-0.2, -0.15) is 0 Å². The third kappa shape index (κ3) is 1.18. The minimum absolute atomic E-state index is 0.471. The molecule has 2 heteroatoms. The van der Waals surface area contributed by atoms with E-state index in [0.29, 0.717) is 5.92 Å². The normalized spacial score (nSPS) is 19.4. The first-order chi connectivity index (χ1) is 7.25. The van der Waals surface area contributed by atoms with Gasteiger partial charge in [0.15, 0.2) is 0 Å². The van der Waals surface area contributed by atoms with Crippen LogP contribution >= 0.6 is 0 Å². The Kier molecular flexibility index (Phi) is 1.66. The minimum Gasteiger partial charge on any atom is -0.460 e. The highest BCUT2D eigenvalue weighted by Crippen LogP contribution is 2.37. The summed E-state index contributed by atoms with van der Waals surface area (Å²) in [7, 11) is 0. The predicted octanol–water partition coefficient (Wildman–Crippen LogP) is 3.54. The number of benzene rings is 1. The van der Waals surface area contributed by atoms with Crippen LogP contribution in [0.4, 0.5) is 5.69 Å². The van der Waals surface area contributed by atoms with Crippen LogP contribution in [0, 0.1) is 0 Å². The summed E-state index contributed by atoms with van der Waals surface area (Å²) in [5.74, 6) is 1.57. The first kappa shape index (κ1) is 8.60. The van der Waals surface area contributed by atoms with E-state index in [9.17, 15) is 0 Å². The standard InChI is InChI=1S/C13H13NO/c1-8-3-2-4-11-10-6-5-9(14)7-12(10)15-13(8)11/h2,4-8H,3,14H2,1H3. The van der Waals surface area contributed by atoms with Crippen molar-refractivity contribution >= 4 is 22.7 Å². The molecular formula is C13H13NO. The van der Waals surface area contributed by atoms with E-state index in [0.717, 1.165) is 23.5 Å². The average molecular weight is 199 g/mol. The molecule has 76 valence electrons. The number of hydrogen-bond acceptors (Lipinski definition) is 2. The van der Waals surface area contributed by atoms with E-state index in [1.807, 2.05) is 18.2 Å². The van der Waals surface area contributed by atoms with Crippen LogP contribution in [0.2, 0.25) is 0 Å². The molecule has 0 bridgehead atoms. The molecule has 1 atom stereocenters. The lowest BCUT2D eigenvalue weighted by Gasteiger charge is -2.10. The van der Waals surface area contributed by atoms with Crippen LogP contribution in [0.15, 0.2) is 28.7 Å². The highest BCUT2D eigenvalue weighted by atomic mass is 16.3. The van der Waals surface area contributed by atoms with E-state index in [2.05, 4.69) is 19.1 Å². The second-order valence-corrected chi connectivity index (χ2v) is 4.17. The van der Waals surface area contributed by atoms with E-state index in [-0.39, 0.29) is 0 Å². The Labute approximate surface area is 88.4 Å². The molecular weight excluding hydrogens is 186 g/mol. The van der Waals surface area contributed by atoms with Gasteiger partial charge in [0.2, 0.25) is 0 Å². The Hall–Kier alpha value is -1.70. The fraction of sp³-hybridized carbons (Fsp3) is 0.231. The SMILES string of the molecule is CC1CC=Cc2c1oc1cc(N)ccc21. The Morgan fingerprint density at radius 2 is 2.27 bits per heavy atom. The maximum absolute atomic E-state index is 5.85. The smallest absolute Gasteiger partial charge is 0.136 e. The Bertz CT molecular complexity index is 551. The summed E-state index contributed by atoms with van der Waals surface area (Å²) < 4.78 is 5.85. The summed E-state index contributed by atoms with van der Waals surface area (Å²) >= 11 is 0. The van der Waals surface area contributed by atoms with Gasteiger partial charge in [0, 0.05) is 28.6 Å². The van der Waals surface area contributed by atoms with Crippen LogP contribution in [0.25, 0.3) is 17.0 Å². The lowest BCUT2D eigenvalue weighted by Crippen LogP contribution is -1.95. The molecule has 1 aliphatic rings. The molecule has 2 N–H and O–H groups in total. The van der Waals surface area contributed by atoms with E-state index >= 15 is 0 Å². The Morgan fingerprint density at radius 3 is 3.13 bits per heavy atom. The number of anilines is 1. The minimum atomic E-state index is 0.471. The van der Waals surface area contributed by atoms with Crippen LogP contribution in [0.5, 0.6) is 0 Å². The summed E-state index contributed by atoms with van der Waals surface area (Å²) in [5.41, 5.74) is 8.62. The second-order valence-electron chi connectivity index (χ2n) is 4.17. The van der Waals surface area contributed by atoms with E-state index < -0.39 is 0 Å². The van der Waals surface area contributed by atoms with Gasteiger partial charge in [0.1, 0.15) is 11.3 Å². The molecule has 3 rings (SSSR count). The molecule has 0 aliphatic heterocycles. The molecule has 2 aromatic rings. The monoisotopic (exact) mass is 199 g/mol. The zero-order chi connectivity index (χ0) is 10.4. The average Bonchev–Trinajstić information content (AvgIpc) is 2.57. The number of fused-ring (bicyclic) bond motifs is 3. The third-order valence-corrected chi connectivity index (χ3v) is 3.00. The van der Waals surface area contributed by atoms with Gasteiger partial charge in [0.05, 0.1) is 0 Å². The summed E-state index contributed by atoms with van der Waals surface area (Å²) in [6.07, 6.45) is 5.41. The fourth-order valence-electron chi connectivity index (χ4n) is 2.19. The Morgan fingerprint density at radius 1 is 1.40 bits per heavy atom. The second kappa shape index (κ2) is 2.89. The summed E-state index contributed by atoms with van der Waals surface area (Å²) in [6, 6.07) is 5.86. The lowest BCUT2D eigenvalue weighted by atomic mass is 9.94. The van der Waals surface area contributed by atoms with Crippen molar-refractivity contribution in [3.05, 3.63) is 35.6 Å². The summed E-state index contributed by atoms with van der Waals surface area (Å²) in [5, 5.41) is 1.17. The number of furan rings is 1. The first-order valence-electron chi connectivity index (χ1n) is 5.24. The maximum Gasteiger partial charge on any atom is 0.136 e. The number of rotatable bonds is 0. The van der Waals surface area contributed by atoms with Gasteiger partial charge in [-0.1, -0.05) is 19.1 Å². The van der Waals surface area contributed by atoms with Gasteiger partial charge in [0.25, 0.3) is 0 Å². The van der Waals surface area contributed by atoms with Crippen molar-refractivity contribution in [1.82, 2.24) is 0 Å². The van der Waals surface area contributed by atoms with Gasteiger partial charge in [-0.25, -0.2) is 0 Å². The highest BCUT2D eigenvalue weighted by molar-refractivity contribution is 5.91. The molecule has 0 amide bonds. The van der Waals surface area contributed by atoms with Crippen LogP contribution in [0.1, 0.15) is 30.6 Å². The molecule has 1 aliphatic carbocycles. The molecule has 1 aromatic heterocycles. The molecule has 0 fully saturated rings. The summed E-state index contributed by atoms with van der Waals surface area (Å²) in [6.45, 7) is 2.19. The zero-order valence-corrected chi connectivity index (χ0v) is 8.66. The van der Waals surface area contributed by atoms with E-state index in [1.165, 1.54) is 10.9 Å². The van der Waals surface area contributed by atoms with Gasteiger partial charge in [-0.3, -0.25) is 0 Å². The third-order valence-electron chi connectivity index (χ3n) is 3.00. The van der Waals surface area contributed by atoms with Crippen LogP contribution in [0.3, 0.4) is 0 Å². The topological polar surface area (TPSA) is 39.2 Å². The lowest BCUT2D eigenvalue weighted by molar-refractivity contribution is 0.504. The molecule has 0 saturated heterocycles. The fourth-order valence-corrected chi connectivity index (χ4v) is 2.19. The largest absolute Gasteiger partial charge is 0.460 e. The number of allylic oxidation sites excluding steroid dienone is 1.